The van der Waals surface area contributed by atoms with Gasteiger partial charge in [0.25, 0.3) is 11.8 Å². The molecule has 2 heterocycles. The van der Waals surface area contributed by atoms with Crippen molar-refractivity contribution in [2.24, 2.45) is 5.92 Å². The molecule has 0 spiro atoms. The second-order valence-electron chi connectivity index (χ2n) is 10.4. The number of amides is 2. The fraction of sp³-hybridized carbons (Fsp3) is 0.387. The van der Waals surface area contributed by atoms with Gasteiger partial charge >= 0.3 is 0 Å². The first kappa shape index (κ1) is 25.8. The van der Waals surface area contributed by atoms with Crippen LogP contribution in [0.25, 0.3) is 0 Å². The molecule has 3 unspecified atom stereocenters. The zero-order valence-corrected chi connectivity index (χ0v) is 22.3. The van der Waals surface area contributed by atoms with E-state index < -0.39 is 0 Å². The Bertz CT molecular complexity index is 1280. The van der Waals surface area contributed by atoms with Crippen molar-refractivity contribution in [1.82, 2.24) is 15.6 Å². The van der Waals surface area contributed by atoms with Gasteiger partial charge in [-0.25, -0.2) is 4.98 Å². The standard InChI is InChI=1S/C31H36N4O3/c1-20-26(12-7-13-28(20)38-3)31(37)34-25-17-23-11-8-16-35(27(23)18-25)29-15-14-24(19-32-29)30(36)33-21(2)22-9-5-4-6-10-22/h4-7,9-10,12-15,19,21,23,25,27H,8,11,16-18H2,1-3H3,(H,33,36)(H,34,37)/t21-,23?,25?,27?/m1/s1. The maximum atomic E-state index is 13.1. The highest BCUT2D eigenvalue weighted by Gasteiger charge is 2.41. The number of piperidine rings is 1. The van der Waals surface area contributed by atoms with Gasteiger partial charge in [-0.3, -0.25) is 9.59 Å². The number of carbonyl (C=O) groups is 2. The van der Waals surface area contributed by atoms with Gasteiger partial charge in [0.15, 0.2) is 0 Å². The van der Waals surface area contributed by atoms with Crippen molar-refractivity contribution < 1.29 is 14.3 Å². The van der Waals surface area contributed by atoms with Crippen molar-refractivity contribution in [1.29, 1.82) is 0 Å². The smallest absolute Gasteiger partial charge is 0.253 e. The first-order chi connectivity index (χ1) is 18.4. The van der Waals surface area contributed by atoms with Gasteiger partial charge in [0.05, 0.1) is 18.7 Å². The van der Waals surface area contributed by atoms with Crippen molar-refractivity contribution in [3.8, 4) is 5.75 Å². The normalized spacial score (nSPS) is 21.3. The third-order valence-corrected chi connectivity index (χ3v) is 8.07. The zero-order valence-electron chi connectivity index (χ0n) is 22.3. The van der Waals surface area contributed by atoms with E-state index in [0.29, 0.717) is 23.1 Å². The molecule has 1 aromatic heterocycles. The molecule has 5 rings (SSSR count). The molecule has 4 atom stereocenters. The molecule has 2 amide bonds. The topological polar surface area (TPSA) is 83.6 Å². The molecule has 38 heavy (non-hydrogen) atoms. The van der Waals surface area contributed by atoms with E-state index in [0.717, 1.165) is 54.9 Å². The minimum absolute atomic E-state index is 0.0465. The van der Waals surface area contributed by atoms with E-state index in [4.69, 9.17) is 9.72 Å². The minimum atomic E-state index is -0.131. The van der Waals surface area contributed by atoms with E-state index in [-0.39, 0.29) is 23.9 Å². The van der Waals surface area contributed by atoms with Crippen LogP contribution in [0.15, 0.2) is 66.9 Å². The number of methoxy groups -OCH3 is 1. The van der Waals surface area contributed by atoms with Crippen LogP contribution in [0.2, 0.25) is 0 Å². The predicted molar refractivity (Wildman–Crippen MR) is 149 cm³/mol. The predicted octanol–water partition coefficient (Wildman–Crippen LogP) is 5.07. The molecule has 1 aliphatic carbocycles. The van der Waals surface area contributed by atoms with Gasteiger partial charge in [0.2, 0.25) is 0 Å². The summed E-state index contributed by atoms with van der Waals surface area (Å²) in [6.07, 6.45) is 5.77. The van der Waals surface area contributed by atoms with Crippen molar-refractivity contribution in [3.05, 3.63) is 89.1 Å². The average molecular weight is 513 g/mol. The summed E-state index contributed by atoms with van der Waals surface area (Å²) in [4.78, 5) is 33.0. The van der Waals surface area contributed by atoms with Gasteiger partial charge < -0.3 is 20.3 Å². The molecule has 7 nitrogen and oxygen atoms in total. The highest BCUT2D eigenvalue weighted by molar-refractivity contribution is 5.96. The Morgan fingerprint density at radius 1 is 1.03 bits per heavy atom. The molecule has 1 saturated heterocycles. The number of nitrogens with one attached hydrogen (secondary N) is 2. The monoisotopic (exact) mass is 512 g/mol. The van der Waals surface area contributed by atoms with Crippen LogP contribution < -0.4 is 20.3 Å². The summed E-state index contributed by atoms with van der Waals surface area (Å²) in [6, 6.07) is 19.7. The molecule has 7 heteroatoms. The third-order valence-electron chi connectivity index (χ3n) is 8.07. The van der Waals surface area contributed by atoms with Crippen LogP contribution in [-0.4, -0.2) is 42.5 Å². The Hall–Kier alpha value is -3.87. The summed E-state index contributed by atoms with van der Waals surface area (Å²) in [7, 11) is 1.62. The summed E-state index contributed by atoms with van der Waals surface area (Å²) in [5, 5.41) is 6.33. The van der Waals surface area contributed by atoms with Gasteiger partial charge in [-0.05, 0) is 75.3 Å². The third kappa shape index (κ3) is 5.37. The SMILES string of the molecule is COc1cccc(C(=O)NC2CC3CCCN(c4ccc(C(=O)N[C@H](C)c5ccccc5)cn4)C3C2)c1C. The zero-order chi connectivity index (χ0) is 26.6. The summed E-state index contributed by atoms with van der Waals surface area (Å²) in [6.45, 7) is 4.83. The van der Waals surface area contributed by atoms with Crippen molar-refractivity contribution in [2.45, 2.75) is 57.7 Å². The summed E-state index contributed by atoms with van der Waals surface area (Å²) in [5.41, 5.74) is 3.13. The molecule has 3 aromatic rings. The van der Waals surface area contributed by atoms with Crippen molar-refractivity contribution in [2.75, 3.05) is 18.6 Å². The molecular formula is C31H36N4O3. The largest absolute Gasteiger partial charge is 0.496 e. The van der Waals surface area contributed by atoms with E-state index in [1.807, 2.05) is 74.5 Å². The van der Waals surface area contributed by atoms with Crippen molar-refractivity contribution in [3.63, 3.8) is 0 Å². The quantitative estimate of drug-likeness (QED) is 0.462. The lowest BCUT2D eigenvalue weighted by molar-refractivity contribution is 0.0929. The van der Waals surface area contributed by atoms with E-state index in [1.165, 1.54) is 0 Å². The maximum Gasteiger partial charge on any atom is 0.253 e. The van der Waals surface area contributed by atoms with Crippen LogP contribution in [0.4, 0.5) is 5.82 Å². The summed E-state index contributed by atoms with van der Waals surface area (Å²) in [5.74, 6) is 1.95. The van der Waals surface area contributed by atoms with Crippen LogP contribution in [0.1, 0.15) is 70.5 Å². The molecule has 2 aliphatic rings. The second-order valence-corrected chi connectivity index (χ2v) is 10.4. The molecular weight excluding hydrogens is 476 g/mol. The number of aromatic nitrogens is 1. The van der Waals surface area contributed by atoms with E-state index >= 15 is 0 Å². The maximum absolute atomic E-state index is 13.1. The highest BCUT2D eigenvalue weighted by Crippen LogP contribution is 2.39. The Balaban J connectivity index is 1.23. The van der Waals surface area contributed by atoms with Crippen LogP contribution in [0, 0.1) is 12.8 Å². The molecule has 2 aromatic carbocycles. The highest BCUT2D eigenvalue weighted by atomic mass is 16.5. The molecule has 1 aliphatic heterocycles. The number of pyridine rings is 1. The number of benzene rings is 2. The molecule has 198 valence electrons. The average Bonchev–Trinajstić information content (AvgIpc) is 3.36. The first-order valence-electron chi connectivity index (χ1n) is 13.5. The molecule has 0 radical (unpaired) electrons. The Morgan fingerprint density at radius 2 is 1.84 bits per heavy atom. The number of anilines is 1. The Labute approximate surface area is 224 Å². The van der Waals surface area contributed by atoms with E-state index in [9.17, 15) is 9.59 Å². The molecule has 2 fully saturated rings. The van der Waals surface area contributed by atoms with Gasteiger partial charge in [0.1, 0.15) is 11.6 Å². The van der Waals surface area contributed by atoms with Gasteiger partial charge in [-0.2, -0.15) is 0 Å². The number of ether oxygens (including phenoxy) is 1. The van der Waals surface area contributed by atoms with Crippen LogP contribution in [0.5, 0.6) is 5.75 Å². The fourth-order valence-electron chi connectivity index (χ4n) is 6.03. The minimum Gasteiger partial charge on any atom is -0.496 e. The fourth-order valence-corrected chi connectivity index (χ4v) is 6.03. The van der Waals surface area contributed by atoms with E-state index in [1.54, 1.807) is 13.3 Å². The number of carbonyl (C=O) groups excluding carboxylic acids is 2. The number of rotatable bonds is 7. The number of nitrogens with zero attached hydrogens (tertiary/aromatic N) is 2. The Kier molecular flexibility index (Phi) is 7.63. The number of hydrogen-bond acceptors (Lipinski definition) is 5. The molecule has 1 saturated carbocycles. The summed E-state index contributed by atoms with van der Waals surface area (Å²) >= 11 is 0. The first-order valence-corrected chi connectivity index (χ1v) is 13.5. The molecule has 2 N–H and O–H groups in total. The number of hydrogen-bond donors (Lipinski definition) is 2. The van der Waals surface area contributed by atoms with Gasteiger partial charge in [-0.15, -0.1) is 0 Å². The van der Waals surface area contributed by atoms with Crippen LogP contribution in [-0.2, 0) is 0 Å². The lowest BCUT2D eigenvalue weighted by Gasteiger charge is -2.38. The molecule has 0 bridgehead atoms. The van der Waals surface area contributed by atoms with Crippen LogP contribution in [0.3, 0.4) is 0 Å². The van der Waals surface area contributed by atoms with Gasteiger partial charge in [0, 0.05) is 36.0 Å². The van der Waals surface area contributed by atoms with Crippen molar-refractivity contribution >= 4 is 17.6 Å². The van der Waals surface area contributed by atoms with E-state index in [2.05, 4.69) is 15.5 Å². The Morgan fingerprint density at radius 3 is 2.58 bits per heavy atom. The second kappa shape index (κ2) is 11.3. The lowest BCUT2D eigenvalue weighted by atomic mass is 9.92. The lowest BCUT2D eigenvalue weighted by Crippen LogP contribution is -2.43. The van der Waals surface area contributed by atoms with Gasteiger partial charge in [-0.1, -0.05) is 36.4 Å². The summed E-state index contributed by atoms with van der Waals surface area (Å²) < 4.78 is 5.39. The van der Waals surface area contributed by atoms with Crippen LogP contribution >= 0.6 is 0 Å². The number of fused-ring (bicyclic) bond motifs is 1.